The molecule has 0 saturated heterocycles. The van der Waals surface area contributed by atoms with Crippen molar-refractivity contribution in [2.75, 3.05) is 26.4 Å². The molecule has 4 fully saturated rings. The van der Waals surface area contributed by atoms with Crippen molar-refractivity contribution in [3.05, 3.63) is 48.8 Å². The third kappa shape index (κ3) is 15.1. The van der Waals surface area contributed by atoms with Crippen molar-refractivity contribution in [1.82, 2.24) is 4.98 Å². The molecular weight excluding hydrogens is 618 g/mol. The summed E-state index contributed by atoms with van der Waals surface area (Å²) in [4.78, 5) is 42.0. The number of carbonyl (C=O) groups is 3. The Bertz CT molecular complexity index is 1140. The summed E-state index contributed by atoms with van der Waals surface area (Å²) in [5.41, 5.74) is 0.0894. The first-order valence-corrected chi connectivity index (χ1v) is 19.2. The van der Waals surface area contributed by atoms with Crippen molar-refractivity contribution in [3.63, 3.8) is 0 Å². The van der Waals surface area contributed by atoms with E-state index < -0.39 is 11.9 Å². The molecule has 1 unspecified atom stereocenters. The molecule has 0 amide bonds. The Morgan fingerprint density at radius 1 is 0.735 bits per heavy atom. The molecule has 1 aromatic heterocycles. The number of esters is 3. The van der Waals surface area contributed by atoms with Gasteiger partial charge >= 0.3 is 17.9 Å². The fourth-order valence-electron chi connectivity index (χ4n) is 8.41. The lowest BCUT2D eigenvalue weighted by Gasteiger charge is -2.56. The van der Waals surface area contributed by atoms with E-state index >= 15 is 0 Å². The summed E-state index contributed by atoms with van der Waals surface area (Å²) in [5.74, 6) is 1.35. The third-order valence-electron chi connectivity index (χ3n) is 10.5. The molecule has 4 aliphatic rings. The Hall–Kier alpha value is -3.16. The summed E-state index contributed by atoms with van der Waals surface area (Å²) in [7, 11) is 0. The highest BCUT2D eigenvalue weighted by Crippen LogP contribution is 2.61. The first-order valence-electron chi connectivity index (χ1n) is 19.2. The Labute approximate surface area is 294 Å². The second-order valence-electron chi connectivity index (χ2n) is 15.0. The zero-order valence-electron chi connectivity index (χ0n) is 30.0. The van der Waals surface area contributed by atoms with Crippen LogP contribution in [0.15, 0.2) is 48.8 Å². The van der Waals surface area contributed by atoms with Crippen molar-refractivity contribution in [3.8, 4) is 5.75 Å². The molecule has 8 nitrogen and oxygen atoms in total. The standard InChI is InChI=1S/C41H61NO7/c1-2-3-4-5-6-7-8-9-10-11-12-13-14-15-16-17-38(43)47-29-36(31-49-40(45)32-46-37-18-20-42-21-19-37)30-48-39(44)28-41-25-33-22-34(26-41)24-35(23-33)27-41/h6-7,9-10,18-21,33-36H,2-5,8,11-17,22-32H2,1H3/b7-6-,10-9-. The number of pyridine rings is 1. The summed E-state index contributed by atoms with van der Waals surface area (Å²) in [6.07, 6.45) is 32.8. The lowest BCUT2D eigenvalue weighted by Crippen LogP contribution is -2.47. The monoisotopic (exact) mass is 679 g/mol. The van der Waals surface area contributed by atoms with Crippen LogP contribution >= 0.6 is 0 Å². The number of allylic oxidation sites excluding steroid dienone is 4. The predicted octanol–water partition coefficient (Wildman–Crippen LogP) is 9.13. The first kappa shape index (κ1) is 38.6. The maximum atomic E-state index is 13.1. The topological polar surface area (TPSA) is 101 Å². The highest BCUT2D eigenvalue weighted by Gasteiger charge is 2.51. The van der Waals surface area contributed by atoms with Gasteiger partial charge in [0.05, 0.1) is 12.3 Å². The Kier molecular flexibility index (Phi) is 17.2. The van der Waals surface area contributed by atoms with Gasteiger partial charge < -0.3 is 18.9 Å². The van der Waals surface area contributed by atoms with E-state index in [0.717, 1.165) is 82.0 Å². The van der Waals surface area contributed by atoms with E-state index in [1.54, 1.807) is 24.5 Å². The second-order valence-corrected chi connectivity index (χ2v) is 15.0. The van der Waals surface area contributed by atoms with Crippen molar-refractivity contribution in [1.29, 1.82) is 0 Å². The molecule has 4 saturated carbocycles. The minimum Gasteiger partial charge on any atom is -0.482 e. The molecule has 0 aromatic carbocycles. The van der Waals surface area contributed by atoms with Crippen LogP contribution in [-0.4, -0.2) is 49.3 Å². The minimum atomic E-state index is -0.543. The predicted molar refractivity (Wildman–Crippen MR) is 191 cm³/mol. The fraction of sp³-hybridized carbons (Fsp3) is 0.707. The average molecular weight is 680 g/mol. The highest BCUT2D eigenvalue weighted by molar-refractivity contribution is 5.71. The van der Waals surface area contributed by atoms with Gasteiger partial charge in [0.1, 0.15) is 25.6 Å². The molecule has 5 rings (SSSR count). The van der Waals surface area contributed by atoms with Crippen molar-refractivity contribution in [2.24, 2.45) is 29.1 Å². The van der Waals surface area contributed by atoms with E-state index in [1.165, 1.54) is 44.9 Å². The Morgan fingerprint density at radius 3 is 1.92 bits per heavy atom. The summed E-state index contributed by atoms with van der Waals surface area (Å²) >= 11 is 0. The zero-order valence-corrected chi connectivity index (χ0v) is 30.0. The van der Waals surface area contributed by atoms with Gasteiger partial charge in [-0.3, -0.25) is 14.6 Å². The molecule has 1 heterocycles. The molecule has 4 aliphatic carbocycles. The molecule has 0 radical (unpaired) electrons. The quantitative estimate of drug-likeness (QED) is 0.0437. The average Bonchev–Trinajstić information content (AvgIpc) is 3.08. The SMILES string of the molecule is CCCCC/C=C\C/C=C\CCCCCCCC(=O)OCC(COC(=O)COc1ccncc1)COC(=O)CC12CC3CC(CC(C3)C1)C2. The Morgan fingerprint density at radius 2 is 1.29 bits per heavy atom. The molecule has 0 aliphatic heterocycles. The summed E-state index contributed by atoms with van der Waals surface area (Å²) in [6, 6.07) is 3.32. The Balaban J connectivity index is 1.11. The van der Waals surface area contributed by atoms with E-state index in [1.807, 2.05) is 0 Å². The van der Waals surface area contributed by atoms with Gasteiger partial charge in [0.25, 0.3) is 0 Å². The summed E-state index contributed by atoms with van der Waals surface area (Å²) < 4.78 is 22.2. The lowest BCUT2D eigenvalue weighted by atomic mass is 9.49. The molecule has 0 N–H and O–H groups in total. The number of hydrogen-bond acceptors (Lipinski definition) is 8. The second kappa shape index (κ2) is 21.8. The maximum Gasteiger partial charge on any atom is 0.344 e. The molecule has 0 spiro atoms. The van der Waals surface area contributed by atoms with Crippen LogP contribution in [0.2, 0.25) is 0 Å². The summed E-state index contributed by atoms with van der Waals surface area (Å²) in [6.45, 7) is 2.02. The van der Waals surface area contributed by atoms with Crippen LogP contribution in [0.1, 0.15) is 129 Å². The molecule has 1 atom stereocenters. The number of rotatable bonds is 25. The van der Waals surface area contributed by atoms with Gasteiger partial charge in [-0.05, 0) is 112 Å². The molecule has 49 heavy (non-hydrogen) atoms. The van der Waals surface area contributed by atoms with Gasteiger partial charge in [-0.15, -0.1) is 0 Å². The normalized spacial score (nSPS) is 23.2. The van der Waals surface area contributed by atoms with Crippen LogP contribution < -0.4 is 4.74 Å². The number of ether oxygens (including phenoxy) is 4. The highest BCUT2D eigenvalue weighted by atomic mass is 16.6. The number of unbranched alkanes of at least 4 members (excludes halogenated alkanes) is 8. The van der Waals surface area contributed by atoms with E-state index in [4.69, 9.17) is 18.9 Å². The van der Waals surface area contributed by atoms with Gasteiger partial charge in [-0.1, -0.05) is 63.3 Å². The van der Waals surface area contributed by atoms with Gasteiger partial charge in [-0.25, -0.2) is 4.79 Å². The largest absolute Gasteiger partial charge is 0.482 e. The van der Waals surface area contributed by atoms with Gasteiger partial charge in [-0.2, -0.15) is 0 Å². The third-order valence-corrected chi connectivity index (χ3v) is 10.5. The van der Waals surface area contributed by atoms with Crippen molar-refractivity contribution >= 4 is 17.9 Å². The summed E-state index contributed by atoms with van der Waals surface area (Å²) in [5, 5.41) is 0. The van der Waals surface area contributed by atoms with Crippen LogP contribution in [0.5, 0.6) is 5.75 Å². The number of aromatic nitrogens is 1. The number of hydrogen-bond donors (Lipinski definition) is 0. The van der Waals surface area contributed by atoms with E-state index in [9.17, 15) is 14.4 Å². The molecule has 4 bridgehead atoms. The van der Waals surface area contributed by atoms with Gasteiger partial charge in [0.2, 0.25) is 0 Å². The van der Waals surface area contributed by atoms with Crippen molar-refractivity contribution in [2.45, 2.75) is 129 Å². The van der Waals surface area contributed by atoms with E-state index in [-0.39, 0.29) is 43.8 Å². The van der Waals surface area contributed by atoms with Crippen molar-refractivity contribution < 1.29 is 33.3 Å². The maximum absolute atomic E-state index is 13.1. The zero-order chi connectivity index (χ0) is 34.6. The van der Waals surface area contributed by atoms with Crippen LogP contribution in [-0.2, 0) is 28.6 Å². The lowest BCUT2D eigenvalue weighted by molar-refractivity contribution is -0.158. The van der Waals surface area contributed by atoms with Crippen LogP contribution in [0, 0.1) is 29.1 Å². The van der Waals surface area contributed by atoms with Gasteiger partial charge in [0.15, 0.2) is 6.61 Å². The van der Waals surface area contributed by atoms with Crippen LogP contribution in [0.4, 0.5) is 0 Å². The van der Waals surface area contributed by atoms with E-state index in [0.29, 0.717) is 18.6 Å². The van der Waals surface area contributed by atoms with Gasteiger partial charge in [0, 0.05) is 18.8 Å². The number of carbonyl (C=O) groups excluding carboxylic acids is 3. The first-order chi connectivity index (χ1) is 23.9. The minimum absolute atomic E-state index is 0.0276. The van der Waals surface area contributed by atoms with Crippen LogP contribution in [0.3, 0.4) is 0 Å². The smallest absolute Gasteiger partial charge is 0.344 e. The van der Waals surface area contributed by atoms with Crippen LogP contribution in [0.25, 0.3) is 0 Å². The number of nitrogens with zero attached hydrogens (tertiary/aromatic N) is 1. The molecule has 1 aromatic rings. The molecule has 272 valence electrons. The molecular formula is C41H61NO7. The molecule has 8 heteroatoms. The van der Waals surface area contributed by atoms with E-state index in [2.05, 4.69) is 36.2 Å². The fourth-order valence-corrected chi connectivity index (χ4v) is 8.41.